The molecule has 2 nitrogen and oxygen atoms in total. The van der Waals surface area contributed by atoms with Crippen molar-refractivity contribution in [2.45, 2.75) is 6.61 Å². The Hall–Kier alpha value is -1.57. The number of halogens is 3. The van der Waals surface area contributed by atoms with Crippen LogP contribution in [0.15, 0.2) is 40.9 Å². The Balaban J connectivity index is 2.20. The minimum Gasteiger partial charge on any atom is -0.487 e. The van der Waals surface area contributed by atoms with Gasteiger partial charge in [0, 0.05) is 15.1 Å². The fraction of sp³-hybridized carbons (Fsp3) is 0.0714. The van der Waals surface area contributed by atoms with Crippen molar-refractivity contribution >= 4 is 27.5 Å². The second-order valence-corrected chi connectivity index (χ2v) is 5.07. The predicted molar refractivity (Wildman–Crippen MR) is 74.6 cm³/mol. The zero-order valence-electron chi connectivity index (χ0n) is 9.66. The molecule has 5 heteroatoms. The van der Waals surface area contributed by atoms with Crippen LogP contribution in [0, 0.1) is 17.1 Å². The van der Waals surface area contributed by atoms with Gasteiger partial charge >= 0.3 is 0 Å². The van der Waals surface area contributed by atoms with Crippen molar-refractivity contribution in [3.8, 4) is 11.8 Å². The van der Waals surface area contributed by atoms with Gasteiger partial charge in [0.1, 0.15) is 29.8 Å². The second-order valence-electron chi connectivity index (χ2n) is 3.75. The number of hydrogen-bond acceptors (Lipinski definition) is 2. The van der Waals surface area contributed by atoms with Gasteiger partial charge in [0.15, 0.2) is 0 Å². The molecular weight excluding hydrogens is 333 g/mol. The monoisotopic (exact) mass is 339 g/mol. The van der Waals surface area contributed by atoms with Gasteiger partial charge < -0.3 is 4.74 Å². The zero-order chi connectivity index (χ0) is 13.8. The SMILES string of the molecule is N#Cc1c(F)cccc1OCc1ccc(Br)cc1Cl. The molecule has 0 aliphatic carbocycles. The lowest BCUT2D eigenvalue weighted by atomic mass is 10.2. The molecule has 0 unspecified atom stereocenters. The van der Waals surface area contributed by atoms with E-state index >= 15 is 0 Å². The molecule has 19 heavy (non-hydrogen) atoms. The van der Waals surface area contributed by atoms with Crippen LogP contribution in [0.2, 0.25) is 5.02 Å². The van der Waals surface area contributed by atoms with Crippen LogP contribution < -0.4 is 4.74 Å². The largest absolute Gasteiger partial charge is 0.487 e. The van der Waals surface area contributed by atoms with Crippen LogP contribution in [-0.2, 0) is 6.61 Å². The highest BCUT2D eigenvalue weighted by atomic mass is 79.9. The van der Waals surface area contributed by atoms with Gasteiger partial charge in [-0.1, -0.05) is 39.7 Å². The fourth-order valence-corrected chi connectivity index (χ4v) is 2.26. The predicted octanol–water partition coefficient (Wildman–Crippen LogP) is 4.69. The van der Waals surface area contributed by atoms with E-state index in [-0.39, 0.29) is 17.9 Å². The topological polar surface area (TPSA) is 33.0 Å². The Morgan fingerprint density at radius 1 is 1.32 bits per heavy atom. The summed E-state index contributed by atoms with van der Waals surface area (Å²) in [6, 6.07) is 11.4. The van der Waals surface area contributed by atoms with E-state index < -0.39 is 5.82 Å². The van der Waals surface area contributed by atoms with E-state index in [1.54, 1.807) is 24.3 Å². The Morgan fingerprint density at radius 2 is 2.11 bits per heavy atom. The first-order chi connectivity index (χ1) is 9.11. The Kier molecular flexibility index (Phi) is 4.41. The molecule has 0 saturated carbocycles. The van der Waals surface area contributed by atoms with Crippen LogP contribution >= 0.6 is 27.5 Å². The molecule has 0 radical (unpaired) electrons. The van der Waals surface area contributed by atoms with E-state index in [4.69, 9.17) is 21.6 Å². The molecule has 2 aromatic carbocycles. The first kappa shape index (κ1) is 13.9. The summed E-state index contributed by atoms with van der Waals surface area (Å²) in [4.78, 5) is 0. The molecule has 0 heterocycles. The summed E-state index contributed by atoms with van der Waals surface area (Å²) in [6.07, 6.45) is 0. The number of nitrogens with zero attached hydrogens (tertiary/aromatic N) is 1. The number of nitriles is 1. The van der Waals surface area contributed by atoms with Crippen LogP contribution in [0.5, 0.6) is 5.75 Å². The second kappa shape index (κ2) is 6.05. The first-order valence-corrected chi connectivity index (χ1v) is 6.54. The highest BCUT2D eigenvalue weighted by molar-refractivity contribution is 9.10. The van der Waals surface area contributed by atoms with Gasteiger partial charge in [-0.05, 0) is 24.3 Å². The van der Waals surface area contributed by atoms with E-state index in [0.29, 0.717) is 5.02 Å². The van der Waals surface area contributed by atoms with E-state index in [0.717, 1.165) is 10.0 Å². The number of ether oxygens (including phenoxy) is 1. The quantitative estimate of drug-likeness (QED) is 0.812. The van der Waals surface area contributed by atoms with Gasteiger partial charge in [0.05, 0.1) is 0 Å². The van der Waals surface area contributed by atoms with Crippen molar-refractivity contribution in [1.29, 1.82) is 5.26 Å². The lowest BCUT2D eigenvalue weighted by Crippen LogP contribution is -1.99. The van der Waals surface area contributed by atoms with E-state index in [9.17, 15) is 4.39 Å². The van der Waals surface area contributed by atoms with Crippen molar-refractivity contribution < 1.29 is 9.13 Å². The van der Waals surface area contributed by atoms with Crippen LogP contribution in [0.25, 0.3) is 0 Å². The third kappa shape index (κ3) is 3.25. The lowest BCUT2D eigenvalue weighted by Gasteiger charge is -2.09. The van der Waals surface area contributed by atoms with E-state index in [2.05, 4.69) is 15.9 Å². The molecule has 0 fully saturated rings. The van der Waals surface area contributed by atoms with Crippen LogP contribution in [0.4, 0.5) is 4.39 Å². The third-order valence-electron chi connectivity index (χ3n) is 2.49. The average molecular weight is 341 g/mol. The summed E-state index contributed by atoms with van der Waals surface area (Å²) in [5.74, 6) is -0.386. The molecule has 0 amide bonds. The fourth-order valence-electron chi connectivity index (χ4n) is 1.53. The lowest BCUT2D eigenvalue weighted by molar-refractivity contribution is 0.303. The van der Waals surface area contributed by atoms with Gasteiger partial charge in [0.25, 0.3) is 0 Å². The summed E-state index contributed by atoms with van der Waals surface area (Å²) >= 11 is 9.36. The smallest absolute Gasteiger partial charge is 0.144 e. The van der Waals surface area contributed by atoms with Crippen LogP contribution in [0.3, 0.4) is 0 Å². The molecule has 0 aromatic heterocycles. The molecule has 0 saturated heterocycles. The minimum absolute atomic E-state index is 0.101. The summed E-state index contributed by atoms with van der Waals surface area (Å²) in [7, 11) is 0. The van der Waals surface area contributed by atoms with Crippen molar-refractivity contribution in [2.75, 3.05) is 0 Å². The van der Waals surface area contributed by atoms with E-state index in [1.807, 2.05) is 6.07 Å². The number of benzene rings is 2. The number of rotatable bonds is 3. The number of hydrogen-bond donors (Lipinski definition) is 0. The highest BCUT2D eigenvalue weighted by Gasteiger charge is 2.09. The van der Waals surface area contributed by atoms with Crippen molar-refractivity contribution in [3.63, 3.8) is 0 Å². The molecule has 0 aliphatic heterocycles. The normalized spacial score (nSPS) is 10.0. The summed E-state index contributed by atoms with van der Waals surface area (Å²) in [6.45, 7) is 0.171. The maximum Gasteiger partial charge on any atom is 0.144 e. The standard InChI is InChI=1S/C14H8BrClFNO/c15-10-5-4-9(12(16)6-10)8-19-14-3-1-2-13(17)11(14)7-18/h1-6H,8H2. The third-order valence-corrected chi connectivity index (χ3v) is 3.33. The Morgan fingerprint density at radius 3 is 2.79 bits per heavy atom. The molecule has 0 aliphatic rings. The summed E-state index contributed by atoms with van der Waals surface area (Å²) in [5, 5.41) is 9.43. The maximum absolute atomic E-state index is 13.4. The summed E-state index contributed by atoms with van der Waals surface area (Å²) in [5.41, 5.74) is 0.661. The van der Waals surface area contributed by atoms with Crippen LogP contribution in [0.1, 0.15) is 11.1 Å². The molecule has 2 aromatic rings. The molecular formula is C14H8BrClFNO. The minimum atomic E-state index is -0.595. The average Bonchev–Trinajstić information content (AvgIpc) is 2.38. The molecule has 0 N–H and O–H groups in total. The maximum atomic E-state index is 13.4. The zero-order valence-corrected chi connectivity index (χ0v) is 12.0. The van der Waals surface area contributed by atoms with Gasteiger partial charge in [-0.3, -0.25) is 0 Å². The van der Waals surface area contributed by atoms with Gasteiger partial charge in [-0.15, -0.1) is 0 Å². The molecule has 0 atom stereocenters. The Bertz CT molecular complexity index is 654. The molecule has 2 rings (SSSR count). The van der Waals surface area contributed by atoms with E-state index in [1.165, 1.54) is 12.1 Å². The van der Waals surface area contributed by atoms with Gasteiger partial charge in [-0.25, -0.2) is 4.39 Å². The van der Waals surface area contributed by atoms with Crippen molar-refractivity contribution in [2.24, 2.45) is 0 Å². The highest BCUT2D eigenvalue weighted by Crippen LogP contribution is 2.25. The van der Waals surface area contributed by atoms with Crippen LogP contribution in [-0.4, -0.2) is 0 Å². The molecule has 0 spiro atoms. The van der Waals surface area contributed by atoms with Gasteiger partial charge in [-0.2, -0.15) is 5.26 Å². The summed E-state index contributed by atoms with van der Waals surface area (Å²) < 4.78 is 19.7. The first-order valence-electron chi connectivity index (χ1n) is 5.37. The molecule has 0 bridgehead atoms. The van der Waals surface area contributed by atoms with Crippen molar-refractivity contribution in [1.82, 2.24) is 0 Å². The molecule has 96 valence electrons. The van der Waals surface area contributed by atoms with Gasteiger partial charge in [0.2, 0.25) is 0 Å². The Labute approximate surface area is 123 Å². The van der Waals surface area contributed by atoms with Crippen molar-refractivity contribution in [3.05, 3.63) is 62.8 Å².